The second kappa shape index (κ2) is 6.38. The SMILES string of the molecule is CCOC(=O)Nc1nc(=O)n([C@H]2O[C@@H](C)[C@H](O)[C@@H]2O)cc1F. The van der Waals surface area contributed by atoms with Crippen molar-refractivity contribution in [1.82, 2.24) is 9.55 Å². The fourth-order valence-electron chi connectivity index (χ4n) is 2.04. The Hall–Kier alpha value is -2.04. The quantitative estimate of drug-likeness (QED) is 0.692. The van der Waals surface area contributed by atoms with Gasteiger partial charge in [-0.2, -0.15) is 4.98 Å². The Kier molecular flexibility index (Phi) is 4.74. The van der Waals surface area contributed by atoms with Crippen molar-refractivity contribution in [3.8, 4) is 0 Å². The molecule has 2 rings (SSSR count). The molecule has 0 aromatic carbocycles. The van der Waals surface area contributed by atoms with E-state index in [0.29, 0.717) is 4.57 Å². The summed E-state index contributed by atoms with van der Waals surface area (Å²) in [7, 11) is 0. The van der Waals surface area contributed by atoms with E-state index in [2.05, 4.69) is 9.72 Å². The lowest BCUT2D eigenvalue weighted by atomic mass is 10.1. The van der Waals surface area contributed by atoms with Crippen molar-refractivity contribution in [2.24, 2.45) is 0 Å². The molecular weight excluding hydrogens is 301 g/mol. The maximum atomic E-state index is 13.9. The molecule has 9 nitrogen and oxygen atoms in total. The maximum absolute atomic E-state index is 13.9. The van der Waals surface area contributed by atoms with Gasteiger partial charge in [0, 0.05) is 0 Å². The summed E-state index contributed by atoms with van der Waals surface area (Å²) < 4.78 is 24.4. The van der Waals surface area contributed by atoms with E-state index in [1.807, 2.05) is 5.32 Å². The van der Waals surface area contributed by atoms with E-state index < -0.39 is 48.0 Å². The first-order chi connectivity index (χ1) is 10.3. The van der Waals surface area contributed by atoms with Crippen LogP contribution in [0.5, 0.6) is 0 Å². The van der Waals surface area contributed by atoms with Crippen molar-refractivity contribution >= 4 is 11.9 Å². The lowest BCUT2D eigenvalue weighted by molar-refractivity contribution is -0.0355. The third-order valence-electron chi connectivity index (χ3n) is 3.15. The van der Waals surface area contributed by atoms with E-state index in [-0.39, 0.29) is 6.61 Å². The molecule has 4 atom stereocenters. The number of nitrogens with one attached hydrogen (secondary N) is 1. The molecule has 1 aliphatic heterocycles. The zero-order valence-electron chi connectivity index (χ0n) is 11.9. The molecule has 1 fully saturated rings. The average Bonchev–Trinajstić information content (AvgIpc) is 2.70. The number of hydrogen-bond acceptors (Lipinski definition) is 7. The molecule has 1 aromatic heterocycles. The summed E-state index contributed by atoms with van der Waals surface area (Å²) in [5.41, 5.74) is -0.960. The van der Waals surface area contributed by atoms with E-state index in [1.165, 1.54) is 6.92 Å². The van der Waals surface area contributed by atoms with Crippen LogP contribution in [0.3, 0.4) is 0 Å². The Bertz CT molecular complexity index is 621. The van der Waals surface area contributed by atoms with Crippen LogP contribution in [0, 0.1) is 5.82 Å². The Labute approximate surface area is 124 Å². The van der Waals surface area contributed by atoms with Gasteiger partial charge in [0.1, 0.15) is 12.2 Å². The summed E-state index contributed by atoms with van der Waals surface area (Å²) in [4.78, 5) is 26.5. The Morgan fingerprint density at radius 1 is 1.55 bits per heavy atom. The largest absolute Gasteiger partial charge is 0.450 e. The molecular formula is C12H16FN3O6. The fraction of sp³-hybridized carbons (Fsp3) is 0.583. The van der Waals surface area contributed by atoms with E-state index >= 15 is 0 Å². The van der Waals surface area contributed by atoms with Gasteiger partial charge in [-0.25, -0.2) is 14.0 Å². The van der Waals surface area contributed by atoms with Crippen LogP contribution >= 0.6 is 0 Å². The average molecular weight is 317 g/mol. The van der Waals surface area contributed by atoms with E-state index in [4.69, 9.17) is 4.74 Å². The Morgan fingerprint density at radius 3 is 2.77 bits per heavy atom. The summed E-state index contributed by atoms with van der Waals surface area (Å²) in [5.74, 6) is -1.61. The predicted molar refractivity (Wildman–Crippen MR) is 70.7 cm³/mol. The number of aliphatic hydroxyl groups excluding tert-OH is 2. The van der Waals surface area contributed by atoms with Crippen LogP contribution in [0.15, 0.2) is 11.0 Å². The first-order valence-electron chi connectivity index (χ1n) is 6.59. The first-order valence-corrected chi connectivity index (χ1v) is 6.59. The highest BCUT2D eigenvalue weighted by Crippen LogP contribution is 2.28. The van der Waals surface area contributed by atoms with Gasteiger partial charge in [0.2, 0.25) is 0 Å². The molecule has 1 saturated heterocycles. The number of ether oxygens (including phenoxy) is 2. The highest BCUT2D eigenvalue weighted by molar-refractivity contribution is 5.83. The van der Waals surface area contributed by atoms with Gasteiger partial charge in [-0.15, -0.1) is 0 Å². The molecule has 0 spiro atoms. The maximum Gasteiger partial charge on any atom is 0.412 e. The van der Waals surface area contributed by atoms with Gasteiger partial charge in [0.25, 0.3) is 0 Å². The number of amides is 1. The number of halogens is 1. The number of aromatic nitrogens is 2. The molecule has 122 valence electrons. The molecule has 0 aliphatic carbocycles. The highest BCUT2D eigenvalue weighted by Gasteiger charge is 2.42. The van der Waals surface area contributed by atoms with Crippen molar-refractivity contribution in [2.45, 2.75) is 38.4 Å². The molecule has 0 saturated carbocycles. The molecule has 10 heteroatoms. The second-order valence-corrected chi connectivity index (χ2v) is 4.69. The Morgan fingerprint density at radius 2 is 2.23 bits per heavy atom. The monoisotopic (exact) mass is 317 g/mol. The van der Waals surface area contributed by atoms with Crippen molar-refractivity contribution in [3.63, 3.8) is 0 Å². The summed E-state index contributed by atoms with van der Waals surface area (Å²) in [5, 5.41) is 21.4. The number of hydrogen-bond donors (Lipinski definition) is 3. The topological polar surface area (TPSA) is 123 Å². The van der Waals surface area contributed by atoms with Crippen molar-refractivity contribution in [2.75, 3.05) is 11.9 Å². The van der Waals surface area contributed by atoms with Crippen molar-refractivity contribution in [3.05, 3.63) is 22.5 Å². The zero-order chi connectivity index (χ0) is 16.4. The van der Waals surface area contributed by atoms with Gasteiger partial charge in [0.05, 0.1) is 18.9 Å². The van der Waals surface area contributed by atoms with Crippen LogP contribution < -0.4 is 11.0 Å². The molecule has 0 bridgehead atoms. The second-order valence-electron chi connectivity index (χ2n) is 4.69. The molecule has 1 aromatic rings. The minimum atomic E-state index is -1.40. The van der Waals surface area contributed by atoms with E-state index in [9.17, 15) is 24.2 Å². The number of aliphatic hydroxyl groups is 2. The Balaban J connectivity index is 2.27. The van der Waals surface area contributed by atoms with E-state index in [1.54, 1.807) is 6.92 Å². The number of carbonyl (C=O) groups excluding carboxylic acids is 1. The normalized spacial score (nSPS) is 27.7. The molecule has 0 unspecified atom stereocenters. The van der Waals surface area contributed by atoms with E-state index in [0.717, 1.165) is 6.20 Å². The van der Waals surface area contributed by atoms with Crippen LogP contribution in [-0.4, -0.2) is 50.8 Å². The highest BCUT2D eigenvalue weighted by atomic mass is 19.1. The summed E-state index contributed by atoms with van der Waals surface area (Å²) >= 11 is 0. The minimum absolute atomic E-state index is 0.0718. The first kappa shape index (κ1) is 16.3. The number of carbonyl (C=O) groups is 1. The lowest BCUT2D eigenvalue weighted by Gasteiger charge is -2.17. The van der Waals surface area contributed by atoms with Crippen molar-refractivity contribution < 1.29 is 28.9 Å². The lowest BCUT2D eigenvalue weighted by Crippen LogP contribution is -2.36. The van der Waals surface area contributed by atoms with Gasteiger partial charge in [-0.1, -0.05) is 0 Å². The van der Waals surface area contributed by atoms with Crippen molar-refractivity contribution in [1.29, 1.82) is 0 Å². The molecule has 2 heterocycles. The van der Waals surface area contributed by atoms with Crippen LogP contribution in [0.25, 0.3) is 0 Å². The molecule has 0 radical (unpaired) electrons. The van der Waals surface area contributed by atoms with Gasteiger partial charge >= 0.3 is 11.8 Å². The summed E-state index contributed by atoms with van der Waals surface area (Å²) in [6.45, 7) is 3.13. The van der Waals surface area contributed by atoms with Gasteiger partial charge < -0.3 is 19.7 Å². The standard InChI is InChI=1S/C12H16FN3O6/c1-3-21-12(20)15-9-6(13)4-16(11(19)14-9)10-8(18)7(17)5(2)22-10/h4-5,7-8,10,17-18H,3H2,1-2H3,(H,14,15,19,20)/t5-,7-,8-,10-/m0/s1. The third kappa shape index (κ3) is 3.08. The molecule has 1 amide bonds. The molecule has 1 aliphatic rings. The van der Waals surface area contributed by atoms with Crippen LogP contribution in [0.4, 0.5) is 15.0 Å². The van der Waals surface area contributed by atoms with Crippen LogP contribution in [-0.2, 0) is 9.47 Å². The third-order valence-corrected chi connectivity index (χ3v) is 3.15. The summed E-state index contributed by atoms with van der Waals surface area (Å²) in [6, 6.07) is 0. The zero-order valence-corrected chi connectivity index (χ0v) is 11.9. The predicted octanol–water partition coefficient (Wildman–Crippen LogP) is -0.410. The van der Waals surface area contributed by atoms with Gasteiger partial charge in [-0.3, -0.25) is 9.88 Å². The summed E-state index contributed by atoms with van der Waals surface area (Å²) in [6.07, 6.45) is -4.83. The minimum Gasteiger partial charge on any atom is -0.450 e. The molecule has 3 N–H and O–H groups in total. The van der Waals surface area contributed by atoms with Gasteiger partial charge in [0.15, 0.2) is 17.9 Å². The number of anilines is 1. The van der Waals surface area contributed by atoms with Gasteiger partial charge in [-0.05, 0) is 13.8 Å². The number of nitrogens with zero attached hydrogens (tertiary/aromatic N) is 2. The fourth-order valence-corrected chi connectivity index (χ4v) is 2.04. The van der Waals surface area contributed by atoms with Crippen LogP contribution in [0.2, 0.25) is 0 Å². The molecule has 22 heavy (non-hydrogen) atoms. The smallest absolute Gasteiger partial charge is 0.412 e. The van der Waals surface area contributed by atoms with Crippen LogP contribution in [0.1, 0.15) is 20.1 Å². The number of rotatable bonds is 3.